The average Bonchev–Trinajstić information content (AvgIpc) is 2.82. The summed E-state index contributed by atoms with van der Waals surface area (Å²) in [6, 6.07) is 12.7. The lowest BCUT2D eigenvalue weighted by Crippen LogP contribution is -2.53. The van der Waals surface area contributed by atoms with Crippen LogP contribution < -0.4 is 5.56 Å². The molecule has 38 heavy (non-hydrogen) atoms. The Bertz CT molecular complexity index is 1510. The van der Waals surface area contributed by atoms with Crippen molar-refractivity contribution in [2.45, 2.75) is 30.6 Å². The number of benzene rings is 3. The van der Waals surface area contributed by atoms with Crippen molar-refractivity contribution >= 4 is 10.9 Å². The van der Waals surface area contributed by atoms with E-state index in [0.717, 1.165) is 22.8 Å². The average molecular weight is 546 g/mol. The number of alkyl halides is 9. The number of hydrogen-bond acceptors (Lipinski definition) is 3. The minimum Gasteiger partial charge on any atom is -0.369 e. The van der Waals surface area contributed by atoms with E-state index in [0.29, 0.717) is 29.8 Å². The fraction of sp³-hybridized carbons (Fsp3) is 0.200. The molecular weight excluding hydrogens is 531 g/mol. The molecule has 0 atom stereocenters. The van der Waals surface area contributed by atoms with Gasteiger partial charge in [-0.1, -0.05) is 42.5 Å². The van der Waals surface area contributed by atoms with Crippen LogP contribution in [0.15, 0.2) is 77.6 Å². The molecule has 3 aromatic carbocycles. The van der Waals surface area contributed by atoms with Gasteiger partial charge in [-0.05, 0) is 35.9 Å². The van der Waals surface area contributed by atoms with Gasteiger partial charge in [-0.2, -0.15) is 39.5 Å². The third kappa shape index (κ3) is 4.73. The van der Waals surface area contributed by atoms with E-state index in [1.807, 2.05) is 0 Å². The van der Waals surface area contributed by atoms with Crippen LogP contribution in [0.5, 0.6) is 0 Å². The van der Waals surface area contributed by atoms with Gasteiger partial charge in [0.05, 0.1) is 22.2 Å². The lowest BCUT2D eigenvalue weighted by Gasteiger charge is -2.32. The van der Waals surface area contributed by atoms with Crippen molar-refractivity contribution in [3.05, 3.63) is 106 Å². The number of halogens is 9. The van der Waals surface area contributed by atoms with E-state index in [1.54, 1.807) is 30.3 Å². The third-order valence-electron chi connectivity index (χ3n) is 5.84. The minimum atomic E-state index is -6.11. The minimum absolute atomic E-state index is 0.112. The summed E-state index contributed by atoms with van der Waals surface area (Å²) < 4.78 is 120. The molecule has 0 fully saturated rings. The van der Waals surface area contributed by atoms with Gasteiger partial charge < -0.3 is 5.11 Å². The summed E-state index contributed by atoms with van der Waals surface area (Å²) in [7, 11) is 0. The summed E-state index contributed by atoms with van der Waals surface area (Å²) >= 11 is 0. The number of rotatable bonds is 4. The number of fused-ring (bicyclic) bond motifs is 1. The van der Waals surface area contributed by atoms with Gasteiger partial charge >= 0.3 is 18.5 Å². The van der Waals surface area contributed by atoms with E-state index < -0.39 is 40.8 Å². The van der Waals surface area contributed by atoms with Crippen LogP contribution >= 0.6 is 0 Å². The molecule has 0 radical (unpaired) electrons. The Morgan fingerprint density at radius 1 is 0.737 bits per heavy atom. The molecule has 4 nitrogen and oxygen atoms in total. The van der Waals surface area contributed by atoms with Gasteiger partial charge in [0.1, 0.15) is 5.82 Å². The largest absolute Gasteiger partial charge is 0.430 e. The van der Waals surface area contributed by atoms with Gasteiger partial charge in [-0.15, -0.1) is 0 Å². The standard InChI is InChI=1S/C25H15F9N2O2/c26-23(27,28)16-8-11-18-19(13-16)35-20(12-14-4-2-1-3-5-14)36(21(18)37)17-9-6-15(7-10-17)22(38,24(29,30)31)25(32,33)34/h1-11,13,38H,12H2. The second-order valence-corrected chi connectivity index (χ2v) is 8.31. The molecule has 4 rings (SSSR count). The molecule has 0 aliphatic rings. The molecule has 0 unspecified atom stereocenters. The molecule has 0 saturated heterocycles. The van der Waals surface area contributed by atoms with Crippen LogP contribution in [0.4, 0.5) is 39.5 Å². The third-order valence-corrected chi connectivity index (χ3v) is 5.84. The zero-order valence-corrected chi connectivity index (χ0v) is 18.8. The highest BCUT2D eigenvalue weighted by Crippen LogP contribution is 2.50. The van der Waals surface area contributed by atoms with E-state index in [4.69, 9.17) is 0 Å². The maximum atomic E-state index is 13.3. The van der Waals surface area contributed by atoms with Crippen molar-refractivity contribution in [2.75, 3.05) is 0 Å². The molecule has 0 amide bonds. The summed E-state index contributed by atoms with van der Waals surface area (Å²) in [4.78, 5) is 17.5. The predicted molar refractivity (Wildman–Crippen MR) is 118 cm³/mol. The fourth-order valence-electron chi connectivity index (χ4n) is 3.91. The molecule has 4 aromatic rings. The van der Waals surface area contributed by atoms with Crippen LogP contribution in [0, 0.1) is 0 Å². The summed E-state index contributed by atoms with van der Waals surface area (Å²) in [5.74, 6) is -0.123. The summed E-state index contributed by atoms with van der Waals surface area (Å²) in [6.07, 6.45) is -17.1. The Morgan fingerprint density at radius 3 is 1.82 bits per heavy atom. The zero-order valence-electron chi connectivity index (χ0n) is 18.8. The Labute approximate surface area is 207 Å². The van der Waals surface area contributed by atoms with Crippen molar-refractivity contribution in [3.8, 4) is 5.69 Å². The molecule has 200 valence electrons. The normalized spacial score (nSPS) is 13.2. The van der Waals surface area contributed by atoms with Gasteiger partial charge in [0.25, 0.3) is 11.2 Å². The van der Waals surface area contributed by atoms with E-state index in [9.17, 15) is 49.4 Å². The lowest BCUT2D eigenvalue weighted by atomic mass is 9.92. The van der Waals surface area contributed by atoms with Crippen LogP contribution in [0.1, 0.15) is 22.5 Å². The number of aromatic nitrogens is 2. The second kappa shape index (κ2) is 9.15. The maximum absolute atomic E-state index is 13.3. The Balaban J connectivity index is 1.93. The highest BCUT2D eigenvalue weighted by molar-refractivity contribution is 5.79. The highest BCUT2D eigenvalue weighted by atomic mass is 19.4. The van der Waals surface area contributed by atoms with Crippen LogP contribution in [-0.4, -0.2) is 27.0 Å². The predicted octanol–water partition coefficient (Wildman–Crippen LogP) is 6.31. The first kappa shape index (κ1) is 27.2. The molecule has 1 heterocycles. The summed E-state index contributed by atoms with van der Waals surface area (Å²) in [5, 5.41) is 9.37. The van der Waals surface area contributed by atoms with Crippen LogP contribution in [0.3, 0.4) is 0 Å². The quantitative estimate of drug-likeness (QED) is 0.306. The Kier molecular flexibility index (Phi) is 6.54. The van der Waals surface area contributed by atoms with E-state index in [1.165, 1.54) is 0 Å². The number of aliphatic hydroxyl groups is 1. The molecule has 0 aliphatic carbocycles. The van der Waals surface area contributed by atoms with Gasteiger partial charge in [-0.3, -0.25) is 9.36 Å². The van der Waals surface area contributed by atoms with Crippen LogP contribution in [0.25, 0.3) is 16.6 Å². The molecule has 13 heteroatoms. The topological polar surface area (TPSA) is 55.1 Å². The van der Waals surface area contributed by atoms with Gasteiger partial charge in [0, 0.05) is 12.0 Å². The highest BCUT2D eigenvalue weighted by Gasteiger charge is 2.71. The van der Waals surface area contributed by atoms with Crippen molar-refractivity contribution in [2.24, 2.45) is 0 Å². The van der Waals surface area contributed by atoms with Gasteiger partial charge in [0.15, 0.2) is 0 Å². The SMILES string of the molecule is O=c1c2ccc(C(F)(F)F)cc2nc(Cc2ccccc2)n1-c1ccc(C(O)(C(F)(F)F)C(F)(F)F)cc1. The van der Waals surface area contributed by atoms with Gasteiger partial charge in [0.2, 0.25) is 0 Å². The fourth-order valence-corrected chi connectivity index (χ4v) is 3.91. The summed E-state index contributed by atoms with van der Waals surface area (Å²) in [5.41, 5.74) is -8.63. The number of hydrogen-bond donors (Lipinski definition) is 1. The van der Waals surface area contributed by atoms with Crippen molar-refractivity contribution in [1.82, 2.24) is 9.55 Å². The monoisotopic (exact) mass is 546 g/mol. The van der Waals surface area contributed by atoms with Gasteiger partial charge in [-0.25, -0.2) is 4.98 Å². The Hall–Kier alpha value is -3.87. The van der Waals surface area contributed by atoms with Crippen LogP contribution in [0.2, 0.25) is 0 Å². The van der Waals surface area contributed by atoms with Crippen LogP contribution in [-0.2, 0) is 18.2 Å². The first-order valence-corrected chi connectivity index (χ1v) is 10.7. The zero-order chi connectivity index (χ0) is 28.1. The number of nitrogens with zero attached hydrogens (tertiary/aromatic N) is 2. The molecule has 0 aliphatic heterocycles. The summed E-state index contributed by atoms with van der Waals surface area (Å²) in [6.45, 7) is 0. The van der Waals surface area contributed by atoms with Crippen molar-refractivity contribution in [3.63, 3.8) is 0 Å². The van der Waals surface area contributed by atoms with E-state index in [2.05, 4.69) is 4.98 Å². The smallest absolute Gasteiger partial charge is 0.369 e. The lowest BCUT2D eigenvalue weighted by molar-refractivity contribution is -0.376. The first-order valence-electron chi connectivity index (χ1n) is 10.7. The molecule has 0 bridgehead atoms. The molecule has 0 saturated carbocycles. The van der Waals surface area contributed by atoms with Crippen molar-refractivity contribution in [1.29, 1.82) is 0 Å². The molecule has 0 spiro atoms. The van der Waals surface area contributed by atoms with Crippen molar-refractivity contribution < 1.29 is 44.6 Å². The molecule has 1 aromatic heterocycles. The second-order valence-electron chi connectivity index (χ2n) is 8.31. The maximum Gasteiger partial charge on any atom is 0.430 e. The van der Waals surface area contributed by atoms with E-state index in [-0.39, 0.29) is 28.8 Å². The van der Waals surface area contributed by atoms with E-state index >= 15 is 0 Å². The molecule has 1 N–H and O–H groups in total. The molecular formula is C25H15F9N2O2. The Morgan fingerprint density at radius 2 is 1.29 bits per heavy atom. The first-order chi connectivity index (χ1) is 17.5.